The second kappa shape index (κ2) is 6.89. The lowest BCUT2D eigenvalue weighted by Crippen LogP contribution is -2.27. The third-order valence-electron chi connectivity index (χ3n) is 5.63. The molecule has 2 aromatic rings. The Kier molecular flexibility index (Phi) is 4.61. The molecule has 4 nitrogen and oxygen atoms in total. The molecule has 0 unspecified atom stereocenters. The standard InChI is InChI=1S/C20H27FN4/c1-14-20(12-22-11-16-9-10-24(13-16)18-7-8-18)15(2)25(23-14)19-5-3-17(21)4-6-19/h3-6,16,18,22H,7-13H2,1-2H3/t16-/m0/s1. The Morgan fingerprint density at radius 3 is 2.64 bits per heavy atom. The van der Waals surface area contributed by atoms with Crippen molar-refractivity contribution in [2.75, 3.05) is 19.6 Å². The Morgan fingerprint density at radius 2 is 1.92 bits per heavy atom. The summed E-state index contributed by atoms with van der Waals surface area (Å²) in [4.78, 5) is 2.66. The van der Waals surface area contributed by atoms with Crippen molar-refractivity contribution in [2.45, 2.75) is 45.7 Å². The minimum Gasteiger partial charge on any atom is -0.312 e. The van der Waals surface area contributed by atoms with Crippen LogP contribution in [0.15, 0.2) is 24.3 Å². The summed E-state index contributed by atoms with van der Waals surface area (Å²) in [5, 5.41) is 8.29. The van der Waals surface area contributed by atoms with Gasteiger partial charge in [-0.3, -0.25) is 0 Å². The smallest absolute Gasteiger partial charge is 0.123 e. The van der Waals surface area contributed by atoms with E-state index in [1.165, 1.54) is 50.0 Å². The summed E-state index contributed by atoms with van der Waals surface area (Å²) in [5.41, 5.74) is 4.33. The first-order valence-electron chi connectivity index (χ1n) is 9.37. The first kappa shape index (κ1) is 16.7. The van der Waals surface area contributed by atoms with Gasteiger partial charge in [0.2, 0.25) is 0 Å². The van der Waals surface area contributed by atoms with Gasteiger partial charge in [0.05, 0.1) is 11.4 Å². The highest BCUT2D eigenvalue weighted by Crippen LogP contribution is 2.31. The van der Waals surface area contributed by atoms with Crippen LogP contribution in [-0.4, -0.2) is 40.4 Å². The number of likely N-dealkylation sites (tertiary alicyclic amines) is 1. The van der Waals surface area contributed by atoms with Crippen LogP contribution in [0, 0.1) is 25.6 Å². The number of hydrogen-bond acceptors (Lipinski definition) is 3. The van der Waals surface area contributed by atoms with Crippen LogP contribution in [0.5, 0.6) is 0 Å². The van der Waals surface area contributed by atoms with Crippen molar-refractivity contribution in [1.82, 2.24) is 20.0 Å². The molecule has 2 fully saturated rings. The largest absolute Gasteiger partial charge is 0.312 e. The second-order valence-electron chi connectivity index (χ2n) is 7.55. The number of hydrogen-bond donors (Lipinski definition) is 1. The summed E-state index contributed by atoms with van der Waals surface area (Å²) in [7, 11) is 0. The van der Waals surface area contributed by atoms with Crippen LogP contribution in [-0.2, 0) is 6.54 Å². The SMILES string of the molecule is Cc1nn(-c2ccc(F)cc2)c(C)c1CNC[C@@H]1CCN(C2CC2)C1. The van der Waals surface area contributed by atoms with E-state index in [9.17, 15) is 4.39 Å². The monoisotopic (exact) mass is 342 g/mol. The van der Waals surface area contributed by atoms with E-state index in [1.54, 1.807) is 12.1 Å². The molecule has 0 amide bonds. The predicted molar refractivity (Wildman–Crippen MR) is 97.4 cm³/mol. The molecule has 5 heteroatoms. The van der Waals surface area contributed by atoms with Crippen molar-refractivity contribution in [2.24, 2.45) is 5.92 Å². The Balaban J connectivity index is 1.37. The predicted octanol–water partition coefficient (Wildman–Crippen LogP) is 3.20. The molecule has 1 atom stereocenters. The molecular weight excluding hydrogens is 315 g/mol. The van der Waals surface area contributed by atoms with Gasteiger partial charge in [0.1, 0.15) is 5.82 Å². The molecule has 25 heavy (non-hydrogen) atoms. The zero-order chi connectivity index (χ0) is 17.4. The number of aryl methyl sites for hydroxylation is 1. The van der Waals surface area contributed by atoms with Gasteiger partial charge in [-0.05, 0) is 76.4 Å². The van der Waals surface area contributed by atoms with Gasteiger partial charge in [-0.15, -0.1) is 0 Å². The van der Waals surface area contributed by atoms with Gasteiger partial charge in [0.15, 0.2) is 0 Å². The molecule has 1 saturated carbocycles. The summed E-state index contributed by atoms with van der Waals surface area (Å²) < 4.78 is 15.1. The molecule has 1 aromatic heterocycles. The van der Waals surface area contributed by atoms with Crippen molar-refractivity contribution in [3.63, 3.8) is 0 Å². The van der Waals surface area contributed by atoms with Gasteiger partial charge in [-0.25, -0.2) is 9.07 Å². The summed E-state index contributed by atoms with van der Waals surface area (Å²) in [6, 6.07) is 7.40. The van der Waals surface area contributed by atoms with E-state index in [0.717, 1.165) is 42.1 Å². The summed E-state index contributed by atoms with van der Waals surface area (Å²) in [5.74, 6) is 0.553. The van der Waals surface area contributed by atoms with Crippen molar-refractivity contribution in [3.05, 3.63) is 47.0 Å². The molecule has 1 N–H and O–H groups in total. The topological polar surface area (TPSA) is 33.1 Å². The third kappa shape index (κ3) is 3.62. The van der Waals surface area contributed by atoms with Gasteiger partial charge in [0, 0.05) is 30.4 Å². The first-order chi connectivity index (χ1) is 12.1. The zero-order valence-corrected chi connectivity index (χ0v) is 15.1. The van der Waals surface area contributed by atoms with E-state index in [4.69, 9.17) is 0 Å². The van der Waals surface area contributed by atoms with Crippen LogP contribution in [0.4, 0.5) is 4.39 Å². The average molecular weight is 342 g/mol. The summed E-state index contributed by atoms with van der Waals surface area (Å²) >= 11 is 0. The van der Waals surface area contributed by atoms with Gasteiger partial charge in [-0.1, -0.05) is 0 Å². The van der Waals surface area contributed by atoms with E-state index < -0.39 is 0 Å². The molecule has 134 valence electrons. The minimum atomic E-state index is -0.219. The molecule has 1 saturated heterocycles. The average Bonchev–Trinajstić information content (AvgIpc) is 3.29. The Hall–Kier alpha value is -1.72. The quantitative estimate of drug-likeness (QED) is 0.875. The van der Waals surface area contributed by atoms with E-state index in [-0.39, 0.29) is 5.82 Å². The highest BCUT2D eigenvalue weighted by Gasteiger charge is 2.34. The Bertz CT molecular complexity index is 733. The second-order valence-corrected chi connectivity index (χ2v) is 7.55. The minimum absolute atomic E-state index is 0.219. The van der Waals surface area contributed by atoms with Gasteiger partial charge in [-0.2, -0.15) is 5.10 Å². The molecule has 0 radical (unpaired) electrons. The molecule has 0 spiro atoms. The fraction of sp³-hybridized carbons (Fsp3) is 0.550. The Labute approximate surface area is 149 Å². The van der Waals surface area contributed by atoms with Crippen LogP contribution in [0.1, 0.15) is 36.2 Å². The number of aromatic nitrogens is 2. The van der Waals surface area contributed by atoms with Gasteiger partial charge >= 0.3 is 0 Å². The molecule has 1 aromatic carbocycles. The maximum absolute atomic E-state index is 13.1. The maximum atomic E-state index is 13.1. The first-order valence-corrected chi connectivity index (χ1v) is 9.37. The fourth-order valence-electron chi connectivity index (χ4n) is 3.97. The number of benzene rings is 1. The highest BCUT2D eigenvalue weighted by atomic mass is 19.1. The van der Waals surface area contributed by atoms with Gasteiger partial charge < -0.3 is 10.2 Å². The van der Waals surface area contributed by atoms with Gasteiger partial charge in [0.25, 0.3) is 0 Å². The Morgan fingerprint density at radius 1 is 1.16 bits per heavy atom. The molecule has 1 aliphatic heterocycles. The molecule has 2 aliphatic rings. The van der Waals surface area contributed by atoms with Crippen LogP contribution >= 0.6 is 0 Å². The van der Waals surface area contributed by atoms with Crippen molar-refractivity contribution >= 4 is 0 Å². The van der Waals surface area contributed by atoms with Crippen LogP contribution < -0.4 is 5.32 Å². The van der Waals surface area contributed by atoms with E-state index in [1.807, 2.05) is 4.68 Å². The lowest BCUT2D eigenvalue weighted by atomic mass is 10.1. The lowest BCUT2D eigenvalue weighted by Gasteiger charge is -2.15. The zero-order valence-electron chi connectivity index (χ0n) is 15.1. The van der Waals surface area contributed by atoms with E-state index in [2.05, 4.69) is 29.2 Å². The normalized spacial score (nSPS) is 21.2. The van der Waals surface area contributed by atoms with Crippen molar-refractivity contribution in [1.29, 1.82) is 0 Å². The lowest BCUT2D eigenvalue weighted by molar-refractivity contribution is 0.312. The number of halogens is 1. The maximum Gasteiger partial charge on any atom is 0.123 e. The van der Waals surface area contributed by atoms with Crippen LogP contribution in [0.3, 0.4) is 0 Å². The number of nitrogens with one attached hydrogen (secondary N) is 1. The van der Waals surface area contributed by atoms with Crippen molar-refractivity contribution in [3.8, 4) is 5.69 Å². The van der Waals surface area contributed by atoms with E-state index in [0.29, 0.717) is 0 Å². The third-order valence-corrected chi connectivity index (χ3v) is 5.63. The van der Waals surface area contributed by atoms with Crippen LogP contribution in [0.25, 0.3) is 5.69 Å². The molecule has 2 heterocycles. The molecule has 4 rings (SSSR count). The molecule has 1 aliphatic carbocycles. The van der Waals surface area contributed by atoms with Crippen molar-refractivity contribution < 1.29 is 4.39 Å². The summed E-state index contributed by atoms with van der Waals surface area (Å²) in [6.07, 6.45) is 4.12. The summed E-state index contributed by atoms with van der Waals surface area (Å²) in [6.45, 7) is 8.59. The van der Waals surface area contributed by atoms with E-state index >= 15 is 0 Å². The fourth-order valence-corrected chi connectivity index (χ4v) is 3.97. The highest BCUT2D eigenvalue weighted by molar-refractivity contribution is 5.37. The number of nitrogens with zero attached hydrogens (tertiary/aromatic N) is 3. The molecule has 0 bridgehead atoms. The van der Waals surface area contributed by atoms with Crippen LogP contribution in [0.2, 0.25) is 0 Å². The molecular formula is C20H27FN4. The number of rotatable bonds is 6.